The lowest BCUT2D eigenvalue weighted by atomic mass is 10.1. The standard InChI is InChI=1S/C11H15F3N2O3/c12-11(13,14)10(17)19-16-3-4-18-9(7-16)2-1-8-5-15-6-8/h1,9,15H,2-7H2. The lowest BCUT2D eigenvalue weighted by Crippen LogP contribution is -2.45. The zero-order valence-corrected chi connectivity index (χ0v) is 10.2. The van der Waals surface area contributed by atoms with Gasteiger partial charge in [0, 0.05) is 13.1 Å². The van der Waals surface area contributed by atoms with Crippen molar-refractivity contribution in [2.75, 3.05) is 32.8 Å². The number of alkyl halides is 3. The molecule has 0 aromatic carbocycles. The molecule has 1 atom stereocenters. The number of halogens is 3. The summed E-state index contributed by atoms with van der Waals surface area (Å²) in [6.07, 6.45) is -2.59. The van der Waals surface area contributed by atoms with Crippen LogP contribution in [-0.4, -0.2) is 56.1 Å². The summed E-state index contributed by atoms with van der Waals surface area (Å²) in [5.41, 5.74) is 1.26. The van der Waals surface area contributed by atoms with E-state index in [0.29, 0.717) is 6.42 Å². The Morgan fingerprint density at radius 3 is 2.84 bits per heavy atom. The molecule has 0 aliphatic carbocycles. The molecule has 2 saturated heterocycles. The third kappa shape index (κ3) is 4.19. The highest BCUT2D eigenvalue weighted by molar-refractivity contribution is 5.75. The van der Waals surface area contributed by atoms with Crippen LogP contribution >= 0.6 is 0 Å². The van der Waals surface area contributed by atoms with Crippen molar-refractivity contribution < 1.29 is 27.5 Å². The maximum atomic E-state index is 12.1. The molecule has 0 aromatic rings. The van der Waals surface area contributed by atoms with E-state index >= 15 is 0 Å². The molecule has 2 rings (SSSR count). The first-order chi connectivity index (χ1) is 8.95. The van der Waals surface area contributed by atoms with Crippen LogP contribution in [0.5, 0.6) is 0 Å². The number of ether oxygens (including phenoxy) is 1. The van der Waals surface area contributed by atoms with Crippen molar-refractivity contribution in [2.45, 2.75) is 18.7 Å². The quantitative estimate of drug-likeness (QED) is 0.768. The Hall–Kier alpha value is -1.12. The van der Waals surface area contributed by atoms with E-state index in [1.54, 1.807) is 0 Å². The number of nitrogens with one attached hydrogen (secondary N) is 1. The summed E-state index contributed by atoms with van der Waals surface area (Å²) < 4.78 is 41.6. The third-order valence-electron chi connectivity index (χ3n) is 2.92. The van der Waals surface area contributed by atoms with Crippen molar-refractivity contribution in [3.8, 4) is 0 Å². The van der Waals surface area contributed by atoms with Gasteiger partial charge in [0.1, 0.15) is 0 Å². The molecule has 1 unspecified atom stereocenters. The van der Waals surface area contributed by atoms with E-state index in [9.17, 15) is 18.0 Å². The smallest absolute Gasteiger partial charge is 0.375 e. The van der Waals surface area contributed by atoms with E-state index in [4.69, 9.17) is 4.74 Å². The Kier molecular flexibility index (Phi) is 4.43. The highest BCUT2D eigenvalue weighted by Gasteiger charge is 2.43. The van der Waals surface area contributed by atoms with E-state index in [1.165, 1.54) is 5.57 Å². The number of carbonyl (C=O) groups excluding carboxylic acids is 1. The Balaban J connectivity index is 1.78. The van der Waals surface area contributed by atoms with Crippen molar-refractivity contribution in [1.29, 1.82) is 0 Å². The second kappa shape index (κ2) is 5.89. The van der Waals surface area contributed by atoms with E-state index in [2.05, 4.69) is 10.2 Å². The van der Waals surface area contributed by atoms with Gasteiger partial charge in [0.2, 0.25) is 0 Å². The van der Waals surface area contributed by atoms with Gasteiger partial charge in [-0.05, 0) is 12.0 Å². The predicted molar refractivity (Wildman–Crippen MR) is 59.0 cm³/mol. The van der Waals surface area contributed by atoms with Gasteiger partial charge in [-0.15, -0.1) is 5.06 Å². The molecule has 19 heavy (non-hydrogen) atoms. The number of hydroxylamine groups is 2. The molecule has 2 aliphatic heterocycles. The number of carbonyl (C=O) groups is 1. The fraction of sp³-hybridized carbons (Fsp3) is 0.727. The molecule has 0 spiro atoms. The van der Waals surface area contributed by atoms with Crippen molar-refractivity contribution in [3.63, 3.8) is 0 Å². The van der Waals surface area contributed by atoms with Crippen LogP contribution in [0.2, 0.25) is 0 Å². The van der Waals surface area contributed by atoms with Gasteiger partial charge in [-0.3, -0.25) is 0 Å². The van der Waals surface area contributed by atoms with Crippen molar-refractivity contribution in [3.05, 3.63) is 11.6 Å². The van der Waals surface area contributed by atoms with E-state index in [-0.39, 0.29) is 25.8 Å². The molecule has 8 heteroatoms. The normalized spacial score (nSPS) is 24.8. The molecule has 108 valence electrons. The van der Waals surface area contributed by atoms with Gasteiger partial charge in [0.05, 0.1) is 25.8 Å². The molecular weight excluding hydrogens is 265 g/mol. The Morgan fingerprint density at radius 2 is 2.26 bits per heavy atom. The Morgan fingerprint density at radius 1 is 1.53 bits per heavy atom. The largest absolute Gasteiger partial charge is 0.492 e. The minimum Gasteiger partial charge on any atom is -0.375 e. The summed E-state index contributed by atoms with van der Waals surface area (Å²) >= 11 is 0. The van der Waals surface area contributed by atoms with E-state index in [1.807, 2.05) is 6.08 Å². The van der Waals surface area contributed by atoms with E-state index in [0.717, 1.165) is 18.2 Å². The first-order valence-corrected chi connectivity index (χ1v) is 5.99. The minimum atomic E-state index is -4.96. The molecule has 1 N–H and O–H groups in total. The molecule has 0 amide bonds. The fourth-order valence-electron chi connectivity index (χ4n) is 1.80. The lowest BCUT2D eigenvalue weighted by molar-refractivity contribution is -0.252. The maximum absolute atomic E-state index is 12.1. The minimum absolute atomic E-state index is 0.149. The van der Waals surface area contributed by atoms with Gasteiger partial charge in [0.15, 0.2) is 0 Å². The van der Waals surface area contributed by atoms with Crippen molar-refractivity contribution in [1.82, 2.24) is 10.4 Å². The number of hydrogen-bond acceptors (Lipinski definition) is 5. The molecule has 0 radical (unpaired) electrons. The van der Waals surface area contributed by atoms with Gasteiger partial charge >= 0.3 is 12.1 Å². The third-order valence-corrected chi connectivity index (χ3v) is 2.92. The molecular formula is C11H15F3N2O3. The Labute approximate surface area is 108 Å². The predicted octanol–water partition coefficient (Wildman–Crippen LogP) is 0.627. The highest BCUT2D eigenvalue weighted by atomic mass is 19.4. The second-order valence-corrected chi connectivity index (χ2v) is 4.46. The van der Waals surface area contributed by atoms with Gasteiger partial charge in [-0.1, -0.05) is 6.08 Å². The maximum Gasteiger partial charge on any atom is 0.492 e. The number of hydrogen-bond donors (Lipinski definition) is 1. The molecule has 0 aromatic heterocycles. The first kappa shape index (κ1) is 14.3. The first-order valence-electron chi connectivity index (χ1n) is 5.99. The average molecular weight is 280 g/mol. The second-order valence-electron chi connectivity index (χ2n) is 4.46. The monoisotopic (exact) mass is 280 g/mol. The van der Waals surface area contributed by atoms with Crippen LogP contribution in [0.1, 0.15) is 6.42 Å². The molecule has 2 fully saturated rings. The number of rotatable bonds is 3. The molecule has 5 nitrogen and oxygen atoms in total. The average Bonchev–Trinajstić information content (AvgIpc) is 2.26. The van der Waals surface area contributed by atoms with Crippen LogP contribution in [0.3, 0.4) is 0 Å². The number of nitrogens with zero attached hydrogens (tertiary/aromatic N) is 1. The molecule has 0 saturated carbocycles. The topological polar surface area (TPSA) is 50.8 Å². The van der Waals surface area contributed by atoms with Crippen molar-refractivity contribution >= 4 is 5.97 Å². The van der Waals surface area contributed by atoms with Crippen LogP contribution in [-0.2, 0) is 14.4 Å². The summed E-state index contributed by atoms with van der Waals surface area (Å²) in [4.78, 5) is 15.0. The zero-order chi connectivity index (χ0) is 13.9. The van der Waals surface area contributed by atoms with Crippen LogP contribution < -0.4 is 5.32 Å². The zero-order valence-electron chi connectivity index (χ0n) is 10.2. The molecule has 2 heterocycles. The van der Waals surface area contributed by atoms with Gasteiger partial charge in [0.25, 0.3) is 0 Å². The summed E-state index contributed by atoms with van der Waals surface area (Å²) in [6.45, 7) is 2.24. The fourth-order valence-corrected chi connectivity index (χ4v) is 1.80. The summed E-state index contributed by atoms with van der Waals surface area (Å²) in [7, 11) is 0. The van der Waals surface area contributed by atoms with Gasteiger partial charge in [-0.2, -0.15) is 13.2 Å². The lowest BCUT2D eigenvalue weighted by Gasteiger charge is -2.31. The molecule has 2 aliphatic rings. The van der Waals surface area contributed by atoms with Crippen LogP contribution in [0.4, 0.5) is 13.2 Å². The summed E-state index contributed by atoms with van der Waals surface area (Å²) in [6, 6.07) is 0. The summed E-state index contributed by atoms with van der Waals surface area (Å²) in [5, 5.41) is 4.10. The Bertz CT molecular complexity index is 365. The van der Waals surface area contributed by atoms with Gasteiger partial charge in [-0.25, -0.2) is 4.79 Å². The van der Waals surface area contributed by atoms with Crippen molar-refractivity contribution in [2.24, 2.45) is 0 Å². The van der Waals surface area contributed by atoms with Crippen LogP contribution in [0.25, 0.3) is 0 Å². The highest BCUT2D eigenvalue weighted by Crippen LogP contribution is 2.19. The van der Waals surface area contributed by atoms with Crippen LogP contribution in [0.15, 0.2) is 11.6 Å². The molecule has 0 bridgehead atoms. The SMILES string of the molecule is O=C(ON1CCOC(CC=C2CNC2)C1)C(F)(F)F. The summed E-state index contributed by atoms with van der Waals surface area (Å²) in [5.74, 6) is -2.19. The number of morpholine rings is 1. The van der Waals surface area contributed by atoms with Crippen LogP contribution in [0, 0.1) is 0 Å². The van der Waals surface area contributed by atoms with Gasteiger partial charge < -0.3 is 14.9 Å². The van der Waals surface area contributed by atoms with E-state index < -0.39 is 12.1 Å².